The Morgan fingerprint density at radius 2 is 1.41 bits per heavy atom. The number of terminal acetylenes is 1. The largest absolute Gasteiger partial charge is 0.466 e. The van der Waals surface area contributed by atoms with Gasteiger partial charge in [0.1, 0.15) is 0 Å². The second-order valence-electron chi connectivity index (χ2n) is 6.29. The van der Waals surface area contributed by atoms with E-state index in [0.717, 1.165) is 19.3 Å². The second kappa shape index (κ2) is 14.0. The highest BCUT2D eigenvalue weighted by atomic mass is 16.6. The Hall–Kier alpha value is -2.07. The number of hydrogen-bond acceptors (Lipinski definition) is 7. The van der Waals surface area contributed by atoms with Crippen molar-refractivity contribution in [3.8, 4) is 12.3 Å². The van der Waals surface area contributed by atoms with Crippen LogP contribution < -0.4 is 0 Å². The Labute approximate surface area is 161 Å². The van der Waals surface area contributed by atoms with Crippen molar-refractivity contribution in [2.24, 2.45) is 5.92 Å². The summed E-state index contributed by atoms with van der Waals surface area (Å²) in [7, 11) is 0. The average Bonchev–Trinajstić information content (AvgIpc) is 2.62. The molecule has 154 valence electrons. The lowest BCUT2D eigenvalue weighted by atomic mass is 9.84. The van der Waals surface area contributed by atoms with Crippen molar-refractivity contribution in [1.29, 1.82) is 0 Å². The molecule has 0 radical (unpaired) electrons. The third-order valence-corrected chi connectivity index (χ3v) is 3.88. The molecule has 0 fully saturated rings. The number of esters is 3. The summed E-state index contributed by atoms with van der Waals surface area (Å²) in [6.07, 6.45) is 8.80. The molecule has 2 unspecified atom stereocenters. The summed E-state index contributed by atoms with van der Waals surface area (Å²) in [5, 5.41) is 10.9. The van der Waals surface area contributed by atoms with E-state index in [2.05, 4.69) is 5.92 Å². The maximum absolute atomic E-state index is 12.5. The summed E-state index contributed by atoms with van der Waals surface area (Å²) in [4.78, 5) is 36.8. The third-order valence-electron chi connectivity index (χ3n) is 3.88. The van der Waals surface area contributed by atoms with Gasteiger partial charge in [-0.3, -0.25) is 9.59 Å². The highest BCUT2D eigenvalue weighted by molar-refractivity contribution is 5.93. The molecule has 1 N–H and O–H groups in total. The number of rotatable bonds is 14. The molecule has 0 spiro atoms. The lowest BCUT2D eigenvalue weighted by molar-refractivity contribution is -0.183. The molecule has 7 heteroatoms. The fourth-order valence-corrected chi connectivity index (χ4v) is 2.13. The molecule has 0 aromatic carbocycles. The molecule has 0 aliphatic rings. The van der Waals surface area contributed by atoms with E-state index in [0.29, 0.717) is 19.3 Å². The fraction of sp³-hybridized carbons (Fsp3) is 0.750. The summed E-state index contributed by atoms with van der Waals surface area (Å²) in [5.74, 6) is -2.49. The monoisotopic (exact) mass is 384 g/mol. The zero-order chi connectivity index (χ0) is 20.7. The molecular weight excluding hydrogens is 352 g/mol. The summed E-state index contributed by atoms with van der Waals surface area (Å²) in [6.45, 7) is 6.05. The summed E-state index contributed by atoms with van der Waals surface area (Å²) in [6, 6.07) is 0. The molecule has 7 nitrogen and oxygen atoms in total. The first-order chi connectivity index (χ1) is 12.9. The van der Waals surface area contributed by atoms with E-state index in [-0.39, 0.29) is 19.8 Å². The van der Waals surface area contributed by atoms with Gasteiger partial charge in [0, 0.05) is 0 Å². The number of carbonyl (C=O) groups excluding carboxylic acids is 3. The SMILES string of the molecule is C#CC(C(=O)OCCCC)C(O)(CC(=O)OCCCC)C(=O)OCCCC. The molecular formula is C20H32O7. The molecule has 0 rings (SSSR count). The van der Waals surface area contributed by atoms with Gasteiger partial charge in [-0.1, -0.05) is 46.0 Å². The molecule has 27 heavy (non-hydrogen) atoms. The normalized spacial score (nSPS) is 13.7. The van der Waals surface area contributed by atoms with E-state index in [4.69, 9.17) is 20.6 Å². The first kappa shape index (κ1) is 24.9. The van der Waals surface area contributed by atoms with Crippen molar-refractivity contribution >= 4 is 17.9 Å². The van der Waals surface area contributed by atoms with Gasteiger partial charge in [-0.2, -0.15) is 0 Å². The lowest BCUT2D eigenvalue weighted by Gasteiger charge is -2.29. The van der Waals surface area contributed by atoms with Crippen molar-refractivity contribution in [3.05, 3.63) is 0 Å². The maximum atomic E-state index is 12.5. The predicted molar refractivity (Wildman–Crippen MR) is 99.5 cm³/mol. The van der Waals surface area contributed by atoms with Gasteiger partial charge in [-0.25, -0.2) is 4.79 Å². The predicted octanol–water partition coefficient (Wildman–Crippen LogP) is 2.39. The number of carbonyl (C=O) groups is 3. The van der Waals surface area contributed by atoms with Gasteiger partial charge in [0.2, 0.25) is 0 Å². The fourth-order valence-electron chi connectivity index (χ4n) is 2.13. The van der Waals surface area contributed by atoms with Gasteiger partial charge in [0.15, 0.2) is 11.5 Å². The van der Waals surface area contributed by atoms with E-state index in [1.54, 1.807) is 0 Å². The van der Waals surface area contributed by atoms with Crippen LogP contribution in [0.2, 0.25) is 0 Å². The molecule has 0 saturated carbocycles. The van der Waals surface area contributed by atoms with E-state index in [1.165, 1.54) is 0 Å². The van der Waals surface area contributed by atoms with Gasteiger partial charge < -0.3 is 19.3 Å². The Morgan fingerprint density at radius 1 is 0.926 bits per heavy atom. The summed E-state index contributed by atoms with van der Waals surface area (Å²) in [5.41, 5.74) is -2.53. The topological polar surface area (TPSA) is 99.1 Å². The molecule has 0 aliphatic heterocycles. The van der Waals surface area contributed by atoms with Gasteiger partial charge >= 0.3 is 17.9 Å². The second-order valence-corrected chi connectivity index (χ2v) is 6.29. The van der Waals surface area contributed by atoms with Crippen LogP contribution in [0.5, 0.6) is 0 Å². The molecule has 0 amide bonds. The number of unbranched alkanes of at least 4 members (excludes halogenated alkanes) is 3. The quantitative estimate of drug-likeness (QED) is 0.212. The highest BCUT2D eigenvalue weighted by Gasteiger charge is 2.51. The van der Waals surface area contributed by atoms with Gasteiger partial charge in [-0.15, -0.1) is 6.42 Å². The van der Waals surface area contributed by atoms with E-state index >= 15 is 0 Å². The Kier molecular flexibility index (Phi) is 13.0. The van der Waals surface area contributed by atoms with Crippen molar-refractivity contribution < 1.29 is 33.7 Å². The zero-order valence-electron chi connectivity index (χ0n) is 16.6. The van der Waals surface area contributed by atoms with Crippen LogP contribution in [0.25, 0.3) is 0 Å². The minimum Gasteiger partial charge on any atom is -0.466 e. The molecule has 0 heterocycles. The van der Waals surface area contributed by atoms with E-state index in [1.807, 2.05) is 20.8 Å². The van der Waals surface area contributed by atoms with E-state index in [9.17, 15) is 19.5 Å². The van der Waals surface area contributed by atoms with Gasteiger partial charge in [0.25, 0.3) is 0 Å². The number of aliphatic hydroxyl groups is 1. The van der Waals surface area contributed by atoms with Crippen molar-refractivity contribution in [2.75, 3.05) is 19.8 Å². The first-order valence-electron chi connectivity index (χ1n) is 9.55. The summed E-state index contributed by atoms with van der Waals surface area (Å²) < 4.78 is 15.1. The lowest BCUT2D eigenvalue weighted by Crippen LogP contribution is -2.52. The first-order valence-corrected chi connectivity index (χ1v) is 9.55. The molecule has 0 aromatic heterocycles. The van der Waals surface area contributed by atoms with Gasteiger partial charge in [-0.05, 0) is 19.3 Å². The zero-order valence-corrected chi connectivity index (χ0v) is 16.6. The van der Waals surface area contributed by atoms with Crippen molar-refractivity contribution in [3.63, 3.8) is 0 Å². The standard InChI is InChI=1S/C20H32O7/c1-5-9-12-25-17(21)15-20(24,19(23)27-14-11-7-3)16(8-4)18(22)26-13-10-6-2/h4,16,24H,5-7,9-15H2,1-3H3. The average molecular weight is 384 g/mol. The van der Waals surface area contributed by atoms with Crippen molar-refractivity contribution in [2.45, 2.75) is 71.3 Å². The van der Waals surface area contributed by atoms with Crippen LogP contribution in [-0.2, 0) is 28.6 Å². The molecule has 0 aromatic rings. The Bertz CT molecular complexity index is 509. The molecule has 0 bridgehead atoms. The Morgan fingerprint density at radius 3 is 1.89 bits per heavy atom. The Balaban J connectivity index is 5.33. The molecule has 2 atom stereocenters. The van der Waals surface area contributed by atoms with E-state index < -0.39 is 35.8 Å². The van der Waals surface area contributed by atoms with Crippen LogP contribution in [0.3, 0.4) is 0 Å². The molecule has 0 aliphatic carbocycles. The van der Waals surface area contributed by atoms with Gasteiger partial charge in [0.05, 0.1) is 26.2 Å². The minimum atomic E-state index is -2.53. The maximum Gasteiger partial charge on any atom is 0.340 e. The van der Waals surface area contributed by atoms with Crippen LogP contribution in [0.15, 0.2) is 0 Å². The summed E-state index contributed by atoms with van der Waals surface area (Å²) >= 11 is 0. The van der Waals surface area contributed by atoms with Crippen LogP contribution in [0.1, 0.15) is 65.7 Å². The third kappa shape index (κ3) is 8.91. The van der Waals surface area contributed by atoms with Crippen LogP contribution >= 0.6 is 0 Å². The van der Waals surface area contributed by atoms with Crippen LogP contribution in [0.4, 0.5) is 0 Å². The van der Waals surface area contributed by atoms with Crippen LogP contribution in [-0.4, -0.2) is 48.4 Å². The number of hydrogen-bond donors (Lipinski definition) is 1. The minimum absolute atomic E-state index is 0.0463. The van der Waals surface area contributed by atoms with Crippen molar-refractivity contribution in [1.82, 2.24) is 0 Å². The smallest absolute Gasteiger partial charge is 0.340 e. The molecule has 0 saturated heterocycles. The van der Waals surface area contributed by atoms with Crippen LogP contribution in [0, 0.1) is 18.3 Å². The number of ether oxygens (including phenoxy) is 3. The highest BCUT2D eigenvalue weighted by Crippen LogP contribution is 2.26.